The van der Waals surface area contributed by atoms with Crippen molar-refractivity contribution in [3.8, 4) is 5.75 Å². The summed E-state index contributed by atoms with van der Waals surface area (Å²) in [6.45, 7) is 1.87. The number of nitro benzene ring substituents is 1. The van der Waals surface area contributed by atoms with Gasteiger partial charge in [0.15, 0.2) is 10.6 Å². The highest BCUT2D eigenvalue weighted by Gasteiger charge is 2.33. The number of phenolic OH excluding ortho intramolecular Hbond substituents is 1. The summed E-state index contributed by atoms with van der Waals surface area (Å²) in [5, 5.41) is 20.9. The molecule has 4 rings (SSSR count). The number of carbonyl (C=O) groups excluding carboxylic acids is 1. The number of nitrogens with zero attached hydrogens (tertiary/aromatic N) is 3. The molecule has 2 heterocycles. The lowest BCUT2D eigenvalue weighted by molar-refractivity contribution is -0.385. The Labute approximate surface area is 191 Å². The van der Waals surface area contributed by atoms with E-state index in [1.807, 2.05) is 37.3 Å². The molecule has 0 spiro atoms. The Kier molecular flexibility index (Phi) is 5.93. The van der Waals surface area contributed by atoms with Gasteiger partial charge in [-0.1, -0.05) is 54.7 Å². The van der Waals surface area contributed by atoms with E-state index in [9.17, 15) is 24.8 Å². The number of hydrogen-bond donors (Lipinski definition) is 1. The number of thiazole rings is 1. The van der Waals surface area contributed by atoms with Gasteiger partial charge in [-0.25, -0.2) is 9.79 Å². The molecule has 33 heavy (non-hydrogen) atoms. The molecule has 0 aliphatic carbocycles. The molecule has 0 fully saturated rings. The number of phenols is 1. The molecule has 0 saturated carbocycles. The Morgan fingerprint density at radius 3 is 2.67 bits per heavy atom. The van der Waals surface area contributed by atoms with E-state index in [1.165, 1.54) is 36.0 Å². The highest BCUT2D eigenvalue weighted by molar-refractivity contribution is 7.07. The number of nitro groups is 1. The van der Waals surface area contributed by atoms with Crippen molar-refractivity contribution in [1.82, 2.24) is 4.57 Å². The Balaban J connectivity index is 1.98. The Hall–Kier alpha value is -4.05. The minimum Gasteiger partial charge on any atom is -0.502 e. The van der Waals surface area contributed by atoms with Crippen molar-refractivity contribution in [3.63, 3.8) is 0 Å². The van der Waals surface area contributed by atoms with E-state index >= 15 is 0 Å². The average molecular weight is 465 g/mol. The number of ether oxygens (including phenoxy) is 1. The number of methoxy groups -OCH3 is 1. The number of carbonyl (C=O) groups is 1. The van der Waals surface area contributed by atoms with Crippen molar-refractivity contribution in [1.29, 1.82) is 0 Å². The molecule has 1 atom stereocenters. The predicted octanol–water partition coefficient (Wildman–Crippen LogP) is 2.41. The number of hydrogen-bond acceptors (Lipinski definition) is 8. The van der Waals surface area contributed by atoms with Gasteiger partial charge in [-0.2, -0.15) is 0 Å². The molecule has 1 aliphatic heterocycles. The van der Waals surface area contributed by atoms with Crippen LogP contribution in [0.3, 0.4) is 0 Å². The molecule has 0 unspecified atom stereocenters. The summed E-state index contributed by atoms with van der Waals surface area (Å²) < 4.78 is 6.75. The fourth-order valence-corrected chi connectivity index (χ4v) is 4.76. The van der Waals surface area contributed by atoms with Crippen molar-refractivity contribution in [3.05, 3.63) is 101 Å². The highest BCUT2D eigenvalue weighted by Crippen LogP contribution is 2.31. The second kappa shape index (κ2) is 8.83. The zero-order chi connectivity index (χ0) is 23.7. The molecule has 0 saturated heterocycles. The van der Waals surface area contributed by atoms with E-state index in [0.29, 0.717) is 28.1 Å². The summed E-state index contributed by atoms with van der Waals surface area (Å²) in [7, 11) is 1.29. The highest BCUT2D eigenvalue weighted by atomic mass is 32.1. The Morgan fingerprint density at radius 2 is 2.03 bits per heavy atom. The van der Waals surface area contributed by atoms with Crippen LogP contribution in [-0.4, -0.2) is 27.7 Å². The SMILES string of the molecule is CCC1=C(C(=O)OC)[C@H](c2ccccc2)n2c(s/c(=C\c3ccc(O)c([N+](=O)[O-])c3)c2=O)=N1. The first-order valence-electron chi connectivity index (χ1n) is 10.0. The monoisotopic (exact) mass is 465 g/mol. The van der Waals surface area contributed by atoms with Crippen molar-refractivity contribution in [2.45, 2.75) is 19.4 Å². The fraction of sp³-hybridized carbons (Fsp3) is 0.174. The van der Waals surface area contributed by atoms with E-state index in [1.54, 1.807) is 0 Å². The fourth-order valence-electron chi connectivity index (χ4n) is 3.74. The molecule has 3 aromatic rings. The maximum atomic E-state index is 13.5. The molecule has 1 aliphatic rings. The number of aromatic hydroxyl groups is 1. The van der Waals surface area contributed by atoms with E-state index < -0.39 is 28.4 Å². The van der Waals surface area contributed by atoms with Crippen LogP contribution in [0.5, 0.6) is 5.75 Å². The normalized spacial score (nSPS) is 15.7. The van der Waals surface area contributed by atoms with Gasteiger partial charge >= 0.3 is 11.7 Å². The van der Waals surface area contributed by atoms with Gasteiger partial charge in [0.25, 0.3) is 5.56 Å². The van der Waals surface area contributed by atoms with Crippen molar-refractivity contribution in [2.24, 2.45) is 4.99 Å². The standard InChI is InChI=1S/C23H19N3O6S/c1-3-15-19(22(29)32-2)20(14-7-5-4-6-8-14)25-21(28)18(33-23(25)24-15)12-13-9-10-17(27)16(11-13)26(30)31/h4-12,20,27H,3H2,1-2H3/b18-12-/t20-/m0/s1. The minimum absolute atomic E-state index is 0.288. The zero-order valence-corrected chi connectivity index (χ0v) is 18.5. The van der Waals surface area contributed by atoms with Gasteiger partial charge in [0, 0.05) is 6.07 Å². The molecular formula is C23H19N3O6S. The summed E-state index contributed by atoms with van der Waals surface area (Å²) in [5.41, 5.74) is 1.09. The number of aromatic nitrogens is 1. The molecule has 9 nitrogen and oxygen atoms in total. The molecule has 10 heteroatoms. The lowest BCUT2D eigenvalue weighted by atomic mass is 9.95. The van der Waals surface area contributed by atoms with E-state index in [0.717, 1.165) is 16.9 Å². The molecule has 0 amide bonds. The topological polar surface area (TPSA) is 124 Å². The van der Waals surface area contributed by atoms with Crippen molar-refractivity contribution >= 4 is 29.1 Å². The quantitative estimate of drug-likeness (QED) is 0.351. The number of esters is 1. The van der Waals surface area contributed by atoms with E-state index in [4.69, 9.17) is 4.74 Å². The third-order valence-corrected chi connectivity index (χ3v) is 6.24. The third-order valence-electron chi connectivity index (χ3n) is 5.26. The number of benzene rings is 2. The summed E-state index contributed by atoms with van der Waals surface area (Å²) in [5.74, 6) is -1.02. The van der Waals surface area contributed by atoms with Crippen LogP contribution in [-0.2, 0) is 9.53 Å². The molecule has 0 radical (unpaired) electrons. The van der Waals surface area contributed by atoms with Crippen molar-refractivity contribution in [2.75, 3.05) is 7.11 Å². The van der Waals surface area contributed by atoms with Crippen molar-refractivity contribution < 1.29 is 19.6 Å². The maximum absolute atomic E-state index is 13.5. The van der Waals surface area contributed by atoms with Gasteiger partial charge in [-0.3, -0.25) is 19.5 Å². The van der Waals surface area contributed by atoms with Gasteiger partial charge in [0.05, 0.1) is 33.9 Å². The summed E-state index contributed by atoms with van der Waals surface area (Å²) >= 11 is 1.12. The van der Waals surface area contributed by atoms with Crippen LogP contribution >= 0.6 is 11.3 Å². The van der Waals surface area contributed by atoms with Crippen LogP contribution in [0.15, 0.2) is 69.6 Å². The zero-order valence-electron chi connectivity index (χ0n) is 17.7. The molecule has 1 N–H and O–H groups in total. The van der Waals surface area contributed by atoms with Crippen LogP contribution in [0.2, 0.25) is 0 Å². The molecule has 1 aromatic heterocycles. The summed E-state index contributed by atoms with van der Waals surface area (Å²) in [4.78, 5) is 41.6. The molecule has 0 bridgehead atoms. The second-order valence-electron chi connectivity index (χ2n) is 7.20. The lowest BCUT2D eigenvalue weighted by Gasteiger charge is -2.25. The predicted molar refractivity (Wildman–Crippen MR) is 122 cm³/mol. The maximum Gasteiger partial charge on any atom is 0.338 e. The first kappa shape index (κ1) is 22.2. The largest absolute Gasteiger partial charge is 0.502 e. The Morgan fingerprint density at radius 1 is 1.30 bits per heavy atom. The van der Waals surface area contributed by atoms with Crippen LogP contribution in [0.25, 0.3) is 6.08 Å². The number of fused-ring (bicyclic) bond motifs is 1. The minimum atomic E-state index is -0.721. The van der Waals surface area contributed by atoms with Gasteiger partial charge in [0.2, 0.25) is 0 Å². The average Bonchev–Trinajstić information content (AvgIpc) is 3.13. The molecular weight excluding hydrogens is 446 g/mol. The first-order chi connectivity index (χ1) is 15.8. The smallest absolute Gasteiger partial charge is 0.338 e. The molecule has 2 aromatic carbocycles. The van der Waals surface area contributed by atoms with Gasteiger partial charge in [-0.05, 0) is 29.7 Å². The number of allylic oxidation sites excluding steroid dienone is 1. The summed E-state index contributed by atoms with van der Waals surface area (Å²) in [6, 6.07) is 12.3. The second-order valence-corrected chi connectivity index (χ2v) is 8.21. The van der Waals surface area contributed by atoms with Gasteiger partial charge in [-0.15, -0.1) is 0 Å². The summed E-state index contributed by atoms with van der Waals surface area (Å²) in [6.07, 6.45) is 1.97. The van der Waals surface area contributed by atoms with E-state index in [-0.39, 0.29) is 10.1 Å². The number of rotatable bonds is 5. The van der Waals surface area contributed by atoms with Gasteiger partial charge in [0.1, 0.15) is 0 Å². The van der Waals surface area contributed by atoms with Crippen LogP contribution in [0, 0.1) is 10.1 Å². The third kappa shape index (κ3) is 3.96. The first-order valence-corrected chi connectivity index (χ1v) is 10.8. The van der Waals surface area contributed by atoms with Gasteiger partial charge < -0.3 is 9.84 Å². The molecule has 168 valence electrons. The van der Waals surface area contributed by atoms with Crippen LogP contribution < -0.4 is 14.9 Å². The lowest BCUT2D eigenvalue weighted by Crippen LogP contribution is -2.40. The van der Waals surface area contributed by atoms with E-state index in [2.05, 4.69) is 4.99 Å². The Bertz CT molecular complexity index is 1470. The van der Waals surface area contributed by atoms with Crippen LogP contribution in [0.4, 0.5) is 5.69 Å². The van der Waals surface area contributed by atoms with Crippen LogP contribution in [0.1, 0.15) is 30.5 Å².